The first-order chi connectivity index (χ1) is 9.15. The Morgan fingerprint density at radius 2 is 2.00 bits per heavy atom. The van der Waals surface area contributed by atoms with Crippen LogP contribution in [0.1, 0.15) is 20.3 Å². The number of carbonyl (C=O) groups is 1. The molecule has 2 aromatic rings. The molecular formula is C15H20N2O2. The van der Waals surface area contributed by atoms with Gasteiger partial charge >= 0.3 is 5.97 Å². The molecule has 1 aromatic carbocycles. The number of aliphatic carboxylic acids is 1. The number of aryl methyl sites for hydroxylation is 1. The number of hydrogen-bond acceptors (Lipinski definition) is 2. The monoisotopic (exact) mass is 260 g/mol. The molecule has 1 heterocycles. The fourth-order valence-corrected chi connectivity index (χ4v) is 2.38. The molecule has 0 aliphatic heterocycles. The molecule has 1 aromatic heterocycles. The summed E-state index contributed by atoms with van der Waals surface area (Å²) in [6.07, 6.45) is 2.11. The minimum Gasteiger partial charge on any atom is -0.481 e. The molecule has 0 saturated heterocycles. The molecule has 19 heavy (non-hydrogen) atoms. The van der Waals surface area contributed by atoms with Crippen molar-refractivity contribution in [2.45, 2.75) is 26.8 Å². The molecule has 0 amide bonds. The van der Waals surface area contributed by atoms with Gasteiger partial charge in [-0.2, -0.15) is 0 Å². The molecule has 102 valence electrons. The van der Waals surface area contributed by atoms with Crippen molar-refractivity contribution < 1.29 is 9.90 Å². The van der Waals surface area contributed by atoms with Gasteiger partial charge in [0.05, 0.1) is 6.42 Å². The van der Waals surface area contributed by atoms with E-state index in [4.69, 9.17) is 5.11 Å². The third kappa shape index (κ3) is 2.89. The SMILES string of the molecule is CCN(CC)c1ccc2c(ccn2CCC(=O)O)c1. The Morgan fingerprint density at radius 1 is 1.26 bits per heavy atom. The molecule has 2 rings (SSSR count). The van der Waals surface area contributed by atoms with E-state index in [2.05, 4.69) is 36.9 Å². The van der Waals surface area contributed by atoms with Crippen LogP contribution in [-0.4, -0.2) is 28.7 Å². The Labute approximate surface area is 113 Å². The fourth-order valence-electron chi connectivity index (χ4n) is 2.38. The Bertz CT molecular complexity index is 571. The molecule has 0 bridgehead atoms. The first kappa shape index (κ1) is 13.5. The lowest BCUT2D eigenvalue weighted by Crippen LogP contribution is -2.21. The topological polar surface area (TPSA) is 45.5 Å². The zero-order valence-electron chi connectivity index (χ0n) is 11.5. The first-order valence-corrected chi connectivity index (χ1v) is 6.71. The summed E-state index contributed by atoms with van der Waals surface area (Å²) in [6, 6.07) is 8.39. The van der Waals surface area contributed by atoms with Gasteiger partial charge in [0.2, 0.25) is 0 Å². The maximum Gasteiger partial charge on any atom is 0.305 e. The van der Waals surface area contributed by atoms with Gasteiger partial charge in [0.25, 0.3) is 0 Å². The maximum atomic E-state index is 10.6. The highest BCUT2D eigenvalue weighted by Gasteiger charge is 2.06. The summed E-state index contributed by atoms with van der Waals surface area (Å²) in [5.74, 6) is -0.762. The highest BCUT2D eigenvalue weighted by Crippen LogP contribution is 2.23. The summed E-state index contributed by atoms with van der Waals surface area (Å²) in [4.78, 5) is 12.9. The maximum absolute atomic E-state index is 10.6. The summed E-state index contributed by atoms with van der Waals surface area (Å²) >= 11 is 0. The van der Waals surface area contributed by atoms with Crippen molar-refractivity contribution >= 4 is 22.6 Å². The summed E-state index contributed by atoms with van der Waals surface area (Å²) in [6.45, 7) is 6.78. The Balaban J connectivity index is 2.28. The van der Waals surface area contributed by atoms with E-state index in [9.17, 15) is 4.79 Å². The van der Waals surface area contributed by atoms with Crippen LogP contribution in [0.2, 0.25) is 0 Å². The fraction of sp³-hybridized carbons (Fsp3) is 0.400. The number of nitrogens with zero attached hydrogens (tertiary/aromatic N) is 2. The van der Waals surface area contributed by atoms with Crippen LogP contribution in [0, 0.1) is 0 Å². The van der Waals surface area contributed by atoms with Gasteiger partial charge in [0.1, 0.15) is 0 Å². The van der Waals surface area contributed by atoms with Gasteiger partial charge in [-0.3, -0.25) is 4.79 Å². The first-order valence-electron chi connectivity index (χ1n) is 6.71. The van der Waals surface area contributed by atoms with Crippen LogP contribution in [0.25, 0.3) is 10.9 Å². The number of hydrogen-bond donors (Lipinski definition) is 1. The standard InChI is InChI=1S/C15H20N2O2/c1-3-16(4-2)13-5-6-14-12(11-13)7-9-17(14)10-8-15(18)19/h5-7,9,11H,3-4,8,10H2,1-2H3,(H,18,19). The average molecular weight is 260 g/mol. The Kier molecular flexibility index (Phi) is 4.10. The second kappa shape index (κ2) is 5.78. The van der Waals surface area contributed by atoms with Crippen molar-refractivity contribution in [3.63, 3.8) is 0 Å². The summed E-state index contributed by atoms with van der Waals surface area (Å²) in [5, 5.41) is 9.91. The molecule has 0 spiro atoms. The molecule has 0 saturated carbocycles. The molecule has 0 aliphatic rings. The van der Waals surface area contributed by atoms with Crippen molar-refractivity contribution in [1.82, 2.24) is 4.57 Å². The normalized spacial score (nSPS) is 10.8. The molecule has 1 N–H and O–H groups in total. The van der Waals surface area contributed by atoms with Gasteiger partial charge in [-0.25, -0.2) is 0 Å². The van der Waals surface area contributed by atoms with Crippen molar-refractivity contribution in [3.8, 4) is 0 Å². The van der Waals surface area contributed by atoms with E-state index in [0.29, 0.717) is 6.54 Å². The number of fused-ring (bicyclic) bond motifs is 1. The third-order valence-corrected chi connectivity index (χ3v) is 3.45. The minimum atomic E-state index is -0.762. The Morgan fingerprint density at radius 3 is 2.63 bits per heavy atom. The number of benzene rings is 1. The lowest BCUT2D eigenvalue weighted by Gasteiger charge is -2.21. The van der Waals surface area contributed by atoms with Crippen LogP contribution in [0.5, 0.6) is 0 Å². The quantitative estimate of drug-likeness (QED) is 0.868. The van der Waals surface area contributed by atoms with Gasteiger partial charge in [0, 0.05) is 42.4 Å². The highest BCUT2D eigenvalue weighted by molar-refractivity contribution is 5.84. The molecule has 0 aliphatic carbocycles. The lowest BCUT2D eigenvalue weighted by atomic mass is 10.2. The molecule has 4 nitrogen and oxygen atoms in total. The van der Waals surface area contributed by atoms with Gasteiger partial charge in [-0.05, 0) is 38.1 Å². The van der Waals surface area contributed by atoms with Gasteiger partial charge < -0.3 is 14.6 Å². The molecular weight excluding hydrogens is 240 g/mol. The predicted molar refractivity (Wildman–Crippen MR) is 77.8 cm³/mol. The van der Waals surface area contributed by atoms with Crippen molar-refractivity contribution in [2.75, 3.05) is 18.0 Å². The van der Waals surface area contributed by atoms with E-state index in [1.807, 2.05) is 16.8 Å². The van der Waals surface area contributed by atoms with E-state index < -0.39 is 5.97 Å². The van der Waals surface area contributed by atoms with Crippen molar-refractivity contribution in [3.05, 3.63) is 30.5 Å². The van der Waals surface area contributed by atoms with Gasteiger partial charge in [-0.15, -0.1) is 0 Å². The van der Waals surface area contributed by atoms with Crippen LogP contribution in [-0.2, 0) is 11.3 Å². The van der Waals surface area contributed by atoms with Gasteiger partial charge in [0.15, 0.2) is 0 Å². The predicted octanol–water partition coefficient (Wildman–Crippen LogP) is 2.96. The second-order valence-corrected chi connectivity index (χ2v) is 4.57. The summed E-state index contributed by atoms with van der Waals surface area (Å²) in [5.41, 5.74) is 2.31. The van der Waals surface area contributed by atoms with Crippen LogP contribution in [0.15, 0.2) is 30.5 Å². The van der Waals surface area contributed by atoms with Crippen LogP contribution in [0.3, 0.4) is 0 Å². The van der Waals surface area contributed by atoms with E-state index in [1.54, 1.807) is 0 Å². The minimum absolute atomic E-state index is 0.154. The van der Waals surface area contributed by atoms with E-state index in [0.717, 1.165) is 24.0 Å². The molecule has 4 heteroatoms. The van der Waals surface area contributed by atoms with Crippen LogP contribution in [0.4, 0.5) is 5.69 Å². The van der Waals surface area contributed by atoms with Crippen molar-refractivity contribution in [1.29, 1.82) is 0 Å². The zero-order valence-corrected chi connectivity index (χ0v) is 11.5. The average Bonchev–Trinajstić information content (AvgIpc) is 2.80. The number of aromatic nitrogens is 1. The zero-order chi connectivity index (χ0) is 13.8. The van der Waals surface area contributed by atoms with Crippen LogP contribution < -0.4 is 4.90 Å². The van der Waals surface area contributed by atoms with E-state index >= 15 is 0 Å². The smallest absolute Gasteiger partial charge is 0.305 e. The molecule has 0 radical (unpaired) electrons. The largest absolute Gasteiger partial charge is 0.481 e. The third-order valence-electron chi connectivity index (χ3n) is 3.45. The highest BCUT2D eigenvalue weighted by atomic mass is 16.4. The lowest BCUT2D eigenvalue weighted by molar-refractivity contribution is -0.137. The van der Waals surface area contributed by atoms with Crippen molar-refractivity contribution in [2.24, 2.45) is 0 Å². The molecule has 0 atom stereocenters. The summed E-state index contributed by atoms with van der Waals surface area (Å²) in [7, 11) is 0. The number of anilines is 1. The van der Waals surface area contributed by atoms with Gasteiger partial charge in [-0.1, -0.05) is 0 Å². The van der Waals surface area contributed by atoms with E-state index in [-0.39, 0.29) is 6.42 Å². The summed E-state index contributed by atoms with van der Waals surface area (Å²) < 4.78 is 2.00. The molecule has 0 unspecified atom stereocenters. The number of carboxylic acid groups (broad SMARTS) is 1. The second-order valence-electron chi connectivity index (χ2n) is 4.57. The number of rotatable bonds is 6. The Hall–Kier alpha value is -1.97. The molecule has 0 fully saturated rings. The van der Waals surface area contributed by atoms with E-state index in [1.165, 1.54) is 5.69 Å². The van der Waals surface area contributed by atoms with Crippen LogP contribution >= 0.6 is 0 Å². The number of carboxylic acids is 1.